The second kappa shape index (κ2) is 9.07. The third-order valence-electron chi connectivity index (χ3n) is 6.88. The van der Waals surface area contributed by atoms with E-state index in [-0.39, 0.29) is 24.2 Å². The van der Waals surface area contributed by atoms with Crippen molar-refractivity contribution < 1.29 is 19.0 Å². The lowest BCUT2D eigenvalue weighted by molar-refractivity contribution is -0.0786. The van der Waals surface area contributed by atoms with Crippen LogP contribution in [0.4, 0.5) is 4.79 Å². The van der Waals surface area contributed by atoms with E-state index in [1.54, 1.807) is 12.0 Å². The van der Waals surface area contributed by atoms with Gasteiger partial charge in [-0.1, -0.05) is 12.1 Å². The third-order valence-corrected chi connectivity index (χ3v) is 6.88. The van der Waals surface area contributed by atoms with Crippen molar-refractivity contribution in [3.63, 3.8) is 0 Å². The summed E-state index contributed by atoms with van der Waals surface area (Å²) in [6.45, 7) is 7.19. The Hall–Kier alpha value is -3.70. The Morgan fingerprint density at radius 1 is 1.17 bits per heavy atom. The average Bonchev–Trinajstić information content (AvgIpc) is 2.79. The van der Waals surface area contributed by atoms with Crippen molar-refractivity contribution in [2.45, 2.75) is 45.1 Å². The van der Waals surface area contributed by atoms with Crippen molar-refractivity contribution >= 4 is 17.0 Å². The first-order valence-corrected chi connectivity index (χ1v) is 12.1. The van der Waals surface area contributed by atoms with E-state index in [0.29, 0.717) is 30.1 Å². The first-order valence-electron chi connectivity index (χ1n) is 12.1. The summed E-state index contributed by atoms with van der Waals surface area (Å²) in [5.74, 6) is 0.931. The van der Waals surface area contributed by atoms with Gasteiger partial charge in [-0.15, -0.1) is 10.2 Å². The molecule has 0 N–H and O–H groups in total. The number of amides is 1. The molecule has 36 heavy (non-hydrogen) atoms. The normalized spacial score (nSPS) is 16.8. The fourth-order valence-electron chi connectivity index (χ4n) is 5.28. The quantitative estimate of drug-likeness (QED) is 0.453. The number of hydrogen-bond donors (Lipinski definition) is 0. The Balaban J connectivity index is 1.33. The Labute approximate surface area is 210 Å². The number of carbonyl (C=O) groups is 1. The van der Waals surface area contributed by atoms with E-state index in [1.165, 1.54) is 0 Å². The van der Waals surface area contributed by atoms with Crippen molar-refractivity contribution in [1.82, 2.24) is 15.1 Å². The summed E-state index contributed by atoms with van der Waals surface area (Å²) >= 11 is 0. The highest BCUT2D eigenvalue weighted by Crippen LogP contribution is 2.57. The van der Waals surface area contributed by atoms with Gasteiger partial charge in [-0.05, 0) is 75.4 Å². The largest absolute Gasteiger partial charge is 0.467 e. The molecule has 5 rings (SSSR count). The Kier molecular flexibility index (Phi) is 6.05. The van der Waals surface area contributed by atoms with Crippen molar-refractivity contribution in [3.05, 3.63) is 53.6 Å². The molecule has 8 nitrogen and oxygen atoms in total. The minimum absolute atomic E-state index is 0.130. The van der Waals surface area contributed by atoms with Gasteiger partial charge in [-0.25, -0.2) is 4.79 Å². The number of likely N-dealkylation sites (tertiary alicyclic amines) is 1. The maximum atomic E-state index is 12.3. The lowest BCUT2D eigenvalue weighted by atomic mass is 9.56. The van der Waals surface area contributed by atoms with E-state index in [0.717, 1.165) is 34.9 Å². The van der Waals surface area contributed by atoms with Gasteiger partial charge in [-0.2, -0.15) is 5.26 Å². The number of rotatable bonds is 5. The van der Waals surface area contributed by atoms with E-state index in [9.17, 15) is 10.1 Å². The molecule has 1 amide bonds. The van der Waals surface area contributed by atoms with Crippen LogP contribution in [0.1, 0.15) is 50.7 Å². The zero-order valence-corrected chi connectivity index (χ0v) is 21.1. The van der Waals surface area contributed by atoms with Crippen LogP contribution in [-0.2, 0) is 9.47 Å². The highest BCUT2D eigenvalue weighted by Gasteiger charge is 2.55. The first kappa shape index (κ1) is 24.0. The first-order chi connectivity index (χ1) is 17.2. The number of nitrogens with zero attached hydrogens (tertiary/aromatic N) is 4. The van der Waals surface area contributed by atoms with Gasteiger partial charge < -0.3 is 19.1 Å². The lowest BCUT2D eigenvalue weighted by Gasteiger charge is -2.59. The number of hydrogen-bond acceptors (Lipinski definition) is 7. The van der Waals surface area contributed by atoms with Crippen LogP contribution in [0.15, 0.2) is 42.5 Å². The van der Waals surface area contributed by atoms with E-state index in [2.05, 4.69) is 16.3 Å². The van der Waals surface area contributed by atoms with Crippen molar-refractivity contribution in [2.24, 2.45) is 5.41 Å². The molecule has 1 saturated carbocycles. The molecule has 1 saturated heterocycles. The van der Waals surface area contributed by atoms with Crippen LogP contribution in [-0.4, -0.2) is 53.8 Å². The molecule has 1 aliphatic carbocycles. The van der Waals surface area contributed by atoms with Crippen LogP contribution in [0.2, 0.25) is 0 Å². The fraction of sp³-hybridized carbons (Fsp3) is 0.429. The van der Waals surface area contributed by atoms with Gasteiger partial charge in [0, 0.05) is 36.6 Å². The van der Waals surface area contributed by atoms with Crippen LogP contribution >= 0.6 is 0 Å². The molecule has 186 valence electrons. The van der Waals surface area contributed by atoms with E-state index in [1.807, 2.05) is 63.2 Å². The molecule has 0 atom stereocenters. The van der Waals surface area contributed by atoms with Crippen LogP contribution in [0.25, 0.3) is 22.2 Å². The number of fused-ring (bicyclic) bond motifs is 1. The smallest absolute Gasteiger partial charge is 0.410 e. The molecule has 8 heteroatoms. The number of benzene rings is 2. The summed E-state index contributed by atoms with van der Waals surface area (Å²) in [5, 5.41) is 19.7. The second-order valence-corrected chi connectivity index (χ2v) is 10.8. The summed E-state index contributed by atoms with van der Waals surface area (Å²) in [6, 6.07) is 15.8. The third kappa shape index (κ3) is 4.59. The number of carbonyl (C=O) groups excluding carboxylic acids is 1. The summed E-state index contributed by atoms with van der Waals surface area (Å²) in [5.41, 5.74) is 3.55. The number of para-hydroxylation sites is 1. The maximum Gasteiger partial charge on any atom is 0.410 e. The van der Waals surface area contributed by atoms with Crippen LogP contribution in [0, 0.1) is 16.7 Å². The predicted octanol–water partition coefficient (Wildman–Crippen LogP) is 5.27. The van der Waals surface area contributed by atoms with Crippen LogP contribution in [0.5, 0.6) is 5.75 Å². The highest BCUT2D eigenvalue weighted by atomic mass is 16.7. The van der Waals surface area contributed by atoms with Crippen LogP contribution < -0.4 is 4.74 Å². The molecule has 0 bridgehead atoms. The van der Waals surface area contributed by atoms with Gasteiger partial charge in [0.15, 0.2) is 6.79 Å². The highest BCUT2D eigenvalue weighted by molar-refractivity contribution is 5.85. The molecule has 1 spiro atoms. The monoisotopic (exact) mass is 486 g/mol. The van der Waals surface area contributed by atoms with Gasteiger partial charge in [-0.3, -0.25) is 0 Å². The molecule has 0 unspecified atom stereocenters. The van der Waals surface area contributed by atoms with Gasteiger partial charge in [0.25, 0.3) is 0 Å². The molecular weight excluding hydrogens is 456 g/mol. The van der Waals surface area contributed by atoms with E-state index < -0.39 is 5.60 Å². The number of nitriles is 1. The molecule has 2 aliphatic rings. The van der Waals surface area contributed by atoms with Gasteiger partial charge in [0.2, 0.25) is 0 Å². The van der Waals surface area contributed by atoms with Gasteiger partial charge in [0.05, 0.1) is 22.8 Å². The van der Waals surface area contributed by atoms with Gasteiger partial charge in [0.1, 0.15) is 11.4 Å². The summed E-state index contributed by atoms with van der Waals surface area (Å²) in [4.78, 5) is 14.1. The minimum atomic E-state index is -0.491. The second-order valence-electron chi connectivity index (χ2n) is 10.8. The molecular formula is C28H30N4O4. The average molecular weight is 487 g/mol. The van der Waals surface area contributed by atoms with E-state index >= 15 is 0 Å². The number of methoxy groups -OCH3 is 1. The summed E-state index contributed by atoms with van der Waals surface area (Å²) in [6.07, 6.45) is 1.64. The van der Waals surface area contributed by atoms with Gasteiger partial charge >= 0.3 is 6.09 Å². The van der Waals surface area contributed by atoms with Crippen molar-refractivity contribution in [1.29, 1.82) is 5.26 Å². The molecule has 2 fully saturated rings. The topological polar surface area (TPSA) is 97.6 Å². The lowest BCUT2D eigenvalue weighted by Crippen LogP contribution is -2.63. The zero-order chi connectivity index (χ0) is 25.5. The predicted molar refractivity (Wildman–Crippen MR) is 134 cm³/mol. The Morgan fingerprint density at radius 3 is 2.61 bits per heavy atom. The van der Waals surface area contributed by atoms with Crippen molar-refractivity contribution in [2.75, 3.05) is 27.0 Å². The Bertz CT molecular complexity index is 1340. The number of ether oxygens (including phenoxy) is 3. The molecule has 3 aromatic rings. The fourth-order valence-corrected chi connectivity index (χ4v) is 5.28. The maximum absolute atomic E-state index is 12.3. The molecule has 2 aromatic carbocycles. The molecule has 0 radical (unpaired) electrons. The van der Waals surface area contributed by atoms with E-state index in [4.69, 9.17) is 14.2 Å². The van der Waals surface area contributed by atoms with Crippen LogP contribution in [0.3, 0.4) is 0 Å². The minimum Gasteiger partial charge on any atom is -0.467 e. The molecule has 1 aromatic heterocycles. The SMILES string of the molecule is COCOc1ccccc1-c1cc2cc(C#N)c(C3CC4(C3)CN(C(=O)OC(C)(C)C)C4)cc2nn1. The number of aromatic nitrogens is 2. The summed E-state index contributed by atoms with van der Waals surface area (Å²) in [7, 11) is 1.57. The zero-order valence-electron chi connectivity index (χ0n) is 21.1. The molecule has 2 heterocycles. The standard InChI is InChI=1S/C28H30N4O4/c1-27(2,3)36-26(33)32-15-28(16-32)12-20(13-28)22-11-23-18(9-19(22)14-29)10-24(31-30-23)21-7-5-6-8-25(21)35-17-34-4/h5-11,20H,12-13,15-17H2,1-4H3. The van der Waals surface area contributed by atoms with Crippen molar-refractivity contribution in [3.8, 4) is 23.1 Å². The molecule has 1 aliphatic heterocycles. The Morgan fingerprint density at radius 2 is 1.92 bits per heavy atom. The summed E-state index contributed by atoms with van der Waals surface area (Å²) < 4.78 is 16.2.